The van der Waals surface area contributed by atoms with Crippen molar-refractivity contribution in [1.82, 2.24) is 0 Å². The van der Waals surface area contributed by atoms with Gasteiger partial charge in [0.2, 0.25) is 0 Å². The molecule has 0 atom stereocenters. The van der Waals surface area contributed by atoms with Crippen LogP contribution in [0.25, 0.3) is 0 Å². The molecule has 0 saturated heterocycles. The van der Waals surface area contributed by atoms with Crippen molar-refractivity contribution in [2.24, 2.45) is 0 Å². The van der Waals surface area contributed by atoms with Crippen LogP contribution in [0.1, 0.15) is 199 Å². The van der Waals surface area contributed by atoms with Crippen molar-refractivity contribution in [3.05, 3.63) is 93.0 Å². The SMILES string of the molecule is CCCCCC1c2cc3c(cc2O)OCCOCCOCCOc2cc(O)c(cc2C3CCCCC)C(CCCCC)c2cc3c(cc2O)OCCOCCOCCOc2cc(O)c1cc2C3CCCCC. The Bertz CT molecular complexity index is 2000. The van der Waals surface area contributed by atoms with Crippen LogP contribution in [0.3, 0.4) is 0 Å². The normalized spacial score (nSPS) is 20.1. The highest BCUT2D eigenvalue weighted by molar-refractivity contribution is 5.62. The molecule has 0 unspecified atom stereocenters. The van der Waals surface area contributed by atoms with Gasteiger partial charge in [0.05, 0.1) is 52.9 Å². The summed E-state index contributed by atoms with van der Waals surface area (Å²) in [5.41, 5.74) is 6.31. The Morgan fingerprint density at radius 1 is 0.292 bits per heavy atom. The van der Waals surface area contributed by atoms with Crippen molar-refractivity contribution in [1.29, 1.82) is 0 Å². The van der Waals surface area contributed by atoms with Gasteiger partial charge < -0.3 is 58.3 Å². The molecule has 72 heavy (non-hydrogen) atoms. The smallest absolute Gasteiger partial charge is 0.126 e. The minimum atomic E-state index is -0.429. The molecule has 4 aromatic carbocycles. The first kappa shape index (κ1) is 54.9. The molecule has 1 aliphatic carbocycles. The second-order valence-corrected chi connectivity index (χ2v) is 19.8. The summed E-state index contributed by atoms with van der Waals surface area (Å²) in [6.45, 7) is 12.6. The maximum Gasteiger partial charge on any atom is 0.126 e. The van der Waals surface area contributed by atoms with Crippen LogP contribution < -0.4 is 18.9 Å². The van der Waals surface area contributed by atoms with E-state index in [1.807, 2.05) is 0 Å². The summed E-state index contributed by atoms with van der Waals surface area (Å²) in [5, 5.41) is 50.0. The summed E-state index contributed by atoms with van der Waals surface area (Å²) in [4.78, 5) is 0. The Morgan fingerprint density at radius 2 is 0.500 bits per heavy atom. The summed E-state index contributed by atoms with van der Waals surface area (Å²) in [5.74, 6) is 1.01. The van der Waals surface area contributed by atoms with Crippen LogP contribution in [0.4, 0.5) is 0 Å². The molecule has 396 valence electrons. The third-order valence-electron chi connectivity index (χ3n) is 14.7. The van der Waals surface area contributed by atoms with Crippen LogP contribution in [-0.2, 0) is 18.9 Å². The number of benzene rings is 4. The average molecular weight is 997 g/mol. The van der Waals surface area contributed by atoms with Crippen LogP contribution >= 0.6 is 0 Å². The fraction of sp³-hybridized carbons (Fsp3) is 0.600. The molecule has 4 aromatic rings. The summed E-state index contributed by atoms with van der Waals surface area (Å²) >= 11 is 0. The molecule has 2 heterocycles. The molecule has 0 saturated carbocycles. The molecular weight excluding hydrogens is 913 g/mol. The number of hydrogen-bond donors (Lipinski definition) is 4. The fourth-order valence-electron chi connectivity index (χ4n) is 10.9. The van der Waals surface area contributed by atoms with Gasteiger partial charge in [0.15, 0.2) is 0 Å². The van der Waals surface area contributed by atoms with E-state index in [-0.39, 0.29) is 61.3 Å². The van der Waals surface area contributed by atoms with E-state index in [1.165, 1.54) is 0 Å². The number of rotatable bonds is 16. The second kappa shape index (κ2) is 28.5. The monoisotopic (exact) mass is 997 g/mol. The highest BCUT2D eigenvalue weighted by Crippen LogP contribution is 2.53. The molecule has 0 amide bonds. The summed E-state index contributed by atoms with van der Waals surface area (Å²) in [6, 6.07) is 15.5. The highest BCUT2D eigenvalue weighted by Gasteiger charge is 2.34. The Balaban J connectivity index is 1.62. The maximum absolute atomic E-state index is 12.5. The lowest BCUT2D eigenvalue weighted by atomic mass is 9.76. The molecule has 0 aromatic heterocycles. The van der Waals surface area contributed by atoms with Crippen molar-refractivity contribution >= 4 is 0 Å². The van der Waals surface area contributed by atoms with Crippen LogP contribution in [0.2, 0.25) is 0 Å². The van der Waals surface area contributed by atoms with Crippen molar-refractivity contribution < 1.29 is 58.3 Å². The number of phenols is 4. The van der Waals surface area contributed by atoms with Gasteiger partial charge in [0, 0.05) is 92.4 Å². The first-order valence-electron chi connectivity index (χ1n) is 27.6. The first-order chi connectivity index (χ1) is 35.3. The van der Waals surface area contributed by atoms with E-state index in [2.05, 4.69) is 52.0 Å². The summed E-state index contributed by atoms with van der Waals surface area (Å²) in [6.07, 6.45) is 14.2. The number of phenolic OH excluding ortho intramolecular Hbond substituents is 4. The van der Waals surface area contributed by atoms with Crippen molar-refractivity contribution in [3.63, 3.8) is 0 Å². The van der Waals surface area contributed by atoms with E-state index in [1.54, 1.807) is 24.3 Å². The van der Waals surface area contributed by atoms with Gasteiger partial charge in [-0.05, 0) is 49.9 Å². The minimum absolute atomic E-state index is 0.0827. The first-order valence-corrected chi connectivity index (χ1v) is 27.6. The fourth-order valence-corrected chi connectivity index (χ4v) is 10.9. The molecule has 0 radical (unpaired) electrons. The van der Waals surface area contributed by atoms with Crippen molar-refractivity contribution in [2.75, 3.05) is 79.3 Å². The van der Waals surface area contributed by atoms with Crippen LogP contribution in [0.5, 0.6) is 46.0 Å². The third kappa shape index (κ3) is 14.2. The molecule has 7 rings (SSSR count). The Kier molecular flexibility index (Phi) is 21.8. The molecule has 3 aliphatic rings. The highest BCUT2D eigenvalue weighted by atomic mass is 16.6. The van der Waals surface area contributed by atoms with Gasteiger partial charge in [0.25, 0.3) is 0 Å². The number of ether oxygens (including phenoxy) is 8. The topological polar surface area (TPSA) is 155 Å². The predicted molar refractivity (Wildman–Crippen MR) is 282 cm³/mol. The van der Waals surface area contributed by atoms with Crippen LogP contribution in [0, 0.1) is 0 Å². The molecular formula is C60H84O12. The number of aromatic hydroxyl groups is 4. The van der Waals surface area contributed by atoms with Gasteiger partial charge in [-0.15, -0.1) is 0 Å². The van der Waals surface area contributed by atoms with Crippen LogP contribution in [0.15, 0.2) is 48.5 Å². The average Bonchev–Trinajstić information content (AvgIpc) is 3.37. The second-order valence-electron chi connectivity index (χ2n) is 19.8. The van der Waals surface area contributed by atoms with Crippen LogP contribution in [-0.4, -0.2) is 99.7 Å². The van der Waals surface area contributed by atoms with E-state index in [9.17, 15) is 20.4 Å². The standard InChI is InChI=1S/C60H84O12/c1-5-9-13-17-41-45-33-49-43(19-15-11-7-3)51-35-47(55(63)39-59(51)71-31-27-67-23-21-65-25-29-69-57(49)37-53(45)61)42(18-14-10-6-2)48-36-52-44(20-16-12-8-4)50-34-46(41)54(62)38-58(50)70-30-26-66-22-24-68-28-32-72-60(52)40-56(48)64/h33-44,61-64H,5-32H2,1-4H3. The summed E-state index contributed by atoms with van der Waals surface area (Å²) < 4.78 is 50.4. The Labute approximate surface area is 429 Å². The van der Waals surface area contributed by atoms with E-state index in [0.29, 0.717) is 111 Å². The summed E-state index contributed by atoms with van der Waals surface area (Å²) in [7, 11) is 0. The third-order valence-corrected chi connectivity index (χ3v) is 14.7. The van der Waals surface area contributed by atoms with Gasteiger partial charge in [-0.3, -0.25) is 0 Å². The molecule has 12 nitrogen and oxygen atoms in total. The predicted octanol–water partition coefficient (Wildman–Crippen LogP) is 13.3. The number of hydrogen-bond acceptors (Lipinski definition) is 12. The molecule has 4 N–H and O–H groups in total. The molecule has 2 aliphatic heterocycles. The van der Waals surface area contributed by atoms with E-state index in [0.717, 1.165) is 112 Å². The number of fused-ring (bicyclic) bond motifs is 4. The lowest BCUT2D eigenvalue weighted by Gasteiger charge is -2.31. The van der Waals surface area contributed by atoms with Crippen molar-refractivity contribution in [3.8, 4) is 46.0 Å². The van der Waals surface area contributed by atoms with Gasteiger partial charge in [-0.25, -0.2) is 0 Å². The minimum Gasteiger partial charge on any atom is -0.508 e. The van der Waals surface area contributed by atoms with E-state index in [4.69, 9.17) is 37.9 Å². The van der Waals surface area contributed by atoms with Gasteiger partial charge in [-0.2, -0.15) is 0 Å². The zero-order chi connectivity index (χ0) is 50.7. The molecule has 0 spiro atoms. The molecule has 8 bridgehead atoms. The van der Waals surface area contributed by atoms with E-state index < -0.39 is 11.8 Å². The number of unbranched alkanes of at least 4 members (excludes halogenated alkanes) is 8. The van der Waals surface area contributed by atoms with Gasteiger partial charge >= 0.3 is 0 Å². The zero-order valence-corrected chi connectivity index (χ0v) is 43.8. The lowest BCUT2D eigenvalue weighted by molar-refractivity contribution is 0.0274. The Hall–Kier alpha value is -4.88. The lowest BCUT2D eigenvalue weighted by Crippen LogP contribution is -2.15. The van der Waals surface area contributed by atoms with E-state index >= 15 is 0 Å². The Morgan fingerprint density at radius 3 is 0.722 bits per heavy atom. The molecule has 12 heteroatoms. The quantitative estimate of drug-likeness (QED) is 0.0790. The van der Waals surface area contributed by atoms with Gasteiger partial charge in [0.1, 0.15) is 72.4 Å². The maximum atomic E-state index is 12.5. The largest absolute Gasteiger partial charge is 0.508 e. The van der Waals surface area contributed by atoms with Gasteiger partial charge in [-0.1, -0.05) is 105 Å². The molecule has 0 fully saturated rings. The van der Waals surface area contributed by atoms with Crippen molar-refractivity contribution in [2.45, 2.75) is 154 Å². The zero-order valence-electron chi connectivity index (χ0n) is 43.8.